The summed E-state index contributed by atoms with van der Waals surface area (Å²) in [5.41, 5.74) is 1.72. The normalized spacial score (nSPS) is 11.5. The average molecular weight is 442 g/mol. The van der Waals surface area contributed by atoms with Gasteiger partial charge in [0.2, 0.25) is 21.7 Å². The Morgan fingerprint density at radius 1 is 1.19 bits per heavy atom. The predicted molar refractivity (Wildman–Crippen MR) is 108 cm³/mol. The third kappa shape index (κ3) is 4.39. The Hall–Kier alpha value is -3.77. The number of sulfonamides is 1. The summed E-state index contributed by atoms with van der Waals surface area (Å²) in [7, 11) is -0.531. The summed E-state index contributed by atoms with van der Waals surface area (Å²) in [5.74, 6) is 1.47. The molecule has 3 aromatic heterocycles. The van der Waals surface area contributed by atoms with E-state index in [1.165, 1.54) is 12.1 Å². The van der Waals surface area contributed by atoms with Gasteiger partial charge in [-0.3, -0.25) is 4.68 Å². The monoisotopic (exact) mass is 442 g/mol. The lowest BCUT2D eigenvalue weighted by molar-refractivity contribution is 0.282. The highest BCUT2D eigenvalue weighted by Crippen LogP contribution is 2.26. The van der Waals surface area contributed by atoms with Crippen molar-refractivity contribution in [2.75, 3.05) is 7.11 Å². The fourth-order valence-electron chi connectivity index (χ4n) is 2.79. The number of nitrogens with two attached hydrogens (primary N) is 1. The summed E-state index contributed by atoms with van der Waals surface area (Å²) in [6, 6.07) is 9.42. The molecule has 0 radical (unpaired) electrons. The lowest BCUT2D eigenvalue weighted by Crippen LogP contribution is -2.11. The van der Waals surface area contributed by atoms with Gasteiger partial charge in [-0.15, -0.1) is 0 Å². The van der Waals surface area contributed by atoms with Crippen molar-refractivity contribution in [3.8, 4) is 34.5 Å². The summed E-state index contributed by atoms with van der Waals surface area (Å²) in [6.45, 7) is 0.157. The van der Waals surface area contributed by atoms with Gasteiger partial charge in [0.05, 0.1) is 35.7 Å². The summed E-state index contributed by atoms with van der Waals surface area (Å²) in [5, 5.41) is 13.4. The molecule has 0 saturated heterocycles. The van der Waals surface area contributed by atoms with Crippen LogP contribution in [0.5, 0.6) is 11.6 Å². The van der Waals surface area contributed by atoms with E-state index in [1.807, 2.05) is 0 Å². The average Bonchev–Trinajstić information content (AvgIpc) is 3.39. The van der Waals surface area contributed by atoms with Crippen molar-refractivity contribution >= 4 is 10.0 Å². The van der Waals surface area contributed by atoms with Crippen molar-refractivity contribution in [2.24, 2.45) is 12.2 Å². The molecule has 0 aliphatic carbocycles. The molecular formula is C19H18N6O5S. The van der Waals surface area contributed by atoms with Gasteiger partial charge in [0.1, 0.15) is 12.4 Å². The molecule has 160 valence electrons. The molecule has 2 N–H and O–H groups in total. The first-order valence-corrected chi connectivity index (χ1v) is 10.5. The van der Waals surface area contributed by atoms with Crippen LogP contribution in [0.15, 0.2) is 58.2 Å². The zero-order valence-electron chi connectivity index (χ0n) is 16.6. The first-order valence-electron chi connectivity index (χ1n) is 8.96. The molecule has 0 fully saturated rings. The van der Waals surface area contributed by atoms with Gasteiger partial charge in [-0.05, 0) is 18.2 Å². The second kappa shape index (κ2) is 8.16. The predicted octanol–water partition coefficient (Wildman–Crippen LogP) is 1.77. The SMILES string of the molecule is COc1ccc(OCc2c(-c3nc(-c4cccc(S(N)(=O)=O)c4)no3)cnn2C)nc1. The number of nitrogens with zero attached hydrogens (tertiary/aromatic N) is 5. The number of methoxy groups -OCH3 is 1. The molecule has 12 heteroatoms. The molecular weight excluding hydrogens is 424 g/mol. The topological polar surface area (TPSA) is 148 Å². The van der Waals surface area contributed by atoms with Crippen molar-refractivity contribution in [1.29, 1.82) is 0 Å². The first-order chi connectivity index (χ1) is 14.8. The Bertz CT molecular complexity index is 1310. The van der Waals surface area contributed by atoms with Crippen LogP contribution in [0.4, 0.5) is 0 Å². The highest BCUT2D eigenvalue weighted by molar-refractivity contribution is 7.89. The van der Waals surface area contributed by atoms with E-state index in [0.717, 1.165) is 0 Å². The zero-order valence-corrected chi connectivity index (χ0v) is 17.4. The number of aromatic nitrogens is 5. The molecule has 0 aliphatic heterocycles. The summed E-state index contributed by atoms with van der Waals surface area (Å²) < 4.78 is 41.0. The third-order valence-corrected chi connectivity index (χ3v) is 5.35. The van der Waals surface area contributed by atoms with Gasteiger partial charge < -0.3 is 14.0 Å². The maximum Gasteiger partial charge on any atom is 0.261 e. The lowest BCUT2D eigenvalue weighted by Gasteiger charge is -2.07. The van der Waals surface area contributed by atoms with Crippen molar-refractivity contribution in [2.45, 2.75) is 11.5 Å². The number of primary sulfonamides is 1. The van der Waals surface area contributed by atoms with Gasteiger partial charge in [0, 0.05) is 18.7 Å². The standard InChI is InChI=1S/C19H18N6O5S/c1-25-16(11-29-17-7-6-13(28-2)9-21-17)15(10-22-25)19-23-18(24-30-19)12-4-3-5-14(8-12)31(20,26)27/h3-10H,11H2,1-2H3,(H2,20,26,27). The van der Waals surface area contributed by atoms with E-state index >= 15 is 0 Å². The van der Waals surface area contributed by atoms with Crippen LogP contribution in [-0.2, 0) is 23.7 Å². The summed E-state index contributed by atoms with van der Waals surface area (Å²) in [4.78, 5) is 8.49. The second-order valence-corrected chi connectivity index (χ2v) is 8.01. The van der Waals surface area contributed by atoms with Crippen LogP contribution >= 0.6 is 0 Å². The van der Waals surface area contributed by atoms with Crippen LogP contribution in [0.2, 0.25) is 0 Å². The van der Waals surface area contributed by atoms with Crippen LogP contribution in [0.3, 0.4) is 0 Å². The lowest BCUT2D eigenvalue weighted by atomic mass is 10.2. The number of hydrogen-bond acceptors (Lipinski definition) is 9. The number of aryl methyl sites for hydroxylation is 1. The fourth-order valence-corrected chi connectivity index (χ4v) is 3.35. The van der Waals surface area contributed by atoms with E-state index in [-0.39, 0.29) is 23.2 Å². The Balaban J connectivity index is 1.58. The number of ether oxygens (including phenoxy) is 2. The minimum atomic E-state index is -3.85. The molecule has 0 unspecified atom stereocenters. The largest absolute Gasteiger partial charge is 0.495 e. The van der Waals surface area contributed by atoms with E-state index in [9.17, 15) is 8.42 Å². The summed E-state index contributed by atoms with van der Waals surface area (Å²) in [6.07, 6.45) is 3.14. The van der Waals surface area contributed by atoms with E-state index in [2.05, 4.69) is 20.2 Å². The number of rotatable bonds is 7. The van der Waals surface area contributed by atoms with Crippen molar-refractivity contribution < 1.29 is 22.4 Å². The quantitative estimate of drug-likeness (QED) is 0.452. The van der Waals surface area contributed by atoms with E-state index in [0.29, 0.717) is 28.5 Å². The van der Waals surface area contributed by atoms with Crippen molar-refractivity contribution in [3.05, 3.63) is 54.5 Å². The molecule has 4 rings (SSSR count). The molecule has 31 heavy (non-hydrogen) atoms. The van der Waals surface area contributed by atoms with Crippen LogP contribution < -0.4 is 14.6 Å². The van der Waals surface area contributed by atoms with Gasteiger partial charge in [-0.2, -0.15) is 10.1 Å². The molecule has 4 aromatic rings. The van der Waals surface area contributed by atoms with Crippen LogP contribution in [0.1, 0.15) is 5.69 Å². The van der Waals surface area contributed by atoms with Gasteiger partial charge in [-0.1, -0.05) is 17.3 Å². The Labute approximate surface area is 177 Å². The Morgan fingerprint density at radius 2 is 2.03 bits per heavy atom. The van der Waals surface area contributed by atoms with Crippen molar-refractivity contribution in [3.63, 3.8) is 0 Å². The molecule has 0 aliphatic rings. The van der Waals surface area contributed by atoms with E-state index < -0.39 is 10.0 Å². The minimum absolute atomic E-state index is 0.0428. The van der Waals surface area contributed by atoms with Gasteiger partial charge >= 0.3 is 0 Å². The molecule has 11 nitrogen and oxygen atoms in total. The molecule has 0 spiro atoms. The van der Waals surface area contributed by atoms with E-state index in [1.54, 1.807) is 55.5 Å². The molecule has 0 amide bonds. The maximum atomic E-state index is 11.6. The minimum Gasteiger partial charge on any atom is -0.495 e. The van der Waals surface area contributed by atoms with Gasteiger partial charge in [-0.25, -0.2) is 18.5 Å². The zero-order chi connectivity index (χ0) is 22.0. The number of pyridine rings is 1. The molecule has 0 saturated carbocycles. The van der Waals surface area contributed by atoms with Crippen LogP contribution in [0, 0.1) is 0 Å². The Kier molecular flexibility index (Phi) is 5.40. The molecule has 0 bridgehead atoms. The third-order valence-electron chi connectivity index (χ3n) is 4.44. The summed E-state index contributed by atoms with van der Waals surface area (Å²) >= 11 is 0. The highest BCUT2D eigenvalue weighted by atomic mass is 32.2. The first kappa shape index (κ1) is 20.5. The van der Waals surface area contributed by atoms with Gasteiger partial charge in [0.15, 0.2) is 0 Å². The smallest absolute Gasteiger partial charge is 0.261 e. The second-order valence-electron chi connectivity index (χ2n) is 6.45. The number of benzene rings is 1. The van der Waals surface area contributed by atoms with Crippen LogP contribution in [-0.4, -0.2) is 40.4 Å². The fraction of sp³-hybridized carbons (Fsp3) is 0.158. The molecule has 0 atom stereocenters. The maximum absolute atomic E-state index is 11.6. The van der Waals surface area contributed by atoms with E-state index in [4.69, 9.17) is 19.1 Å². The Morgan fingerprint density at radius 3 is 2.74 bits per heavy atom. The molecule has 1 aromatic carbocycles. The van der Waals surface area contributed by atoms with Crippen LogP contribution in [0.25, 0.3) is 22.8 Å². The molecule has 3 heterocycles. The van der Waals surface area contributed by atoms with Gasteiger partial charge in [0.25, 0.3) is 5.89 Å². The van der Waals surface area contributed by atoms with Crippen molar-refractivity contribution in [1.82, 2.24) is 24.9 Å². The number of hydrogen-bond donors (Lipinski definition) is 1. The highest BCUT2D eigenvalue weighted by Gasteiger charge is 2.19.